The van der Waals surface area contributed by atoms with E-state index in [9.17, 15) is 0 Å². The Balaban J connectivity index is 2.65. The second-order valence-electron chi connectivity index (χ2n) is 3.09. The number of hydrogen-bond donors (Lipinski definition) is 0. The number of rotatable bonds is 2. The Labute approximate surface area is 92.5 Å². The highest BCUT2D eigenvalue weighted by atomic mass is 35.5. The molecule has 1 aromatic rings. The van der Waals surface area contributed by atoms with Crippen LogP contribution in [0, 0.1) is 0 Å². The summed E-state index contributed by atoms with van der Waals surface area (Å²) in [4.78, 5) is 4.29. The van der Waals surface area contributed by atoms with Crippen molar-refractivity contribution in [2.75, 3.05) is 20.9 Å². The van der Waals surface area contributed by atoms with Crippen molar-refractivity contribution in [2.24, 2.45) is 4.99 Å². The number of ether oxygens (including phenoxy) is 2. The standard InChI is InChI=1S/C10H11ClN2O2/c1-14-9-3-7-5-13(11)6-12-8(7)4-10(9)15-2/h3-5H,6H2,1-2H3. The van der Waals surface area contributed by atoms with E-state index in [2.05, 4.69) is 4.99 Å². The monoisotopic (exact) mass is 226 g/mol. The maximum absolute atomic E-state index is 5.83. The Hall–Kier alpha value is -1.42. The molecule has 0 aliphatic carbocycles. The van der Waals surface area contributed by atoms with Crippen molar-refractivity contribution >= 4 is 18.0 Å². The van der Waals surface area contributed by atoms with E-state index < -0.39 is 0 Å². The minimum Gasteiger partial charge on any atom is -0.493 e. The van der Waals surface area contributed by atoms with E-state index in [-0.39, 0.29) is 0 Å². The Morgan fingerprint density at radius 2 is 1.93 bits per heavy atom. The zero-order valence-corrected chi connectivity index (χ0v) is 9.28. The van der Waals surface area contributed by atoms with Gasteiger partial charge in [0.15, 0.2) is 11.5 Å². The lowest BCUT2D eigenvalue weighted by Crippen LogP contribution is -2.32. The van der Waals surface area contributed by atoms with Gasteiger partial charge in [0.1, 0.15) is 6.67 Å². The highest BCUT2D eigenvalue weighted by molar-refractivity contribution is 6.15. The Morgan fingerprint density at radius 3 is 2.60 bits per heavy atom. The summed E-state index contributed by atoms with van der Waals surface area (Å²) in [5.74, 6) is 1.35. The van der Waals surface area contributed by atoms with Gasteiger partial charge in [0, 0.05) is 29.3 Å². The normalized spacial score (nSPS) is 13.7. The quantitative estimate of drug-likeness (QED) is 0.689. The maximum Gasteiger partial charge on any atom is 0.162 e. The predicted octanol–water partition coefficient (Wildman–Crippen LogP) is 0.488. The molecule has 2 rings (SSSR count). The molecule has 0 radical (unpaired) electrons. The van der Waals surface area contributed by atoms with Gasteiger partial charge >= 0.3 is 0 Å². The summed E-state index contributed by atoms with van der Waals surface area (Å²) in [7, 11) is 3.20. The summed E-state index contributed by atoms with van der Waals surface area (Å²) < 4.78 is 11.9. The molecule has 1 aliphatic heterocycles. The lowest BCUT2D eigenvalue weighted by molar-refractivity contribution is 0.354. The third kappa shape index (κ3) is 1.85. The van der Waals surface area contributed by atoms with E-state index in [1.807, 2.05) is 18.3 Å². The van der Waals surface area contributed by atoms with Crippen molar-refractivity contribution in [1.29, 1.82) is 0 Å². The zero-order chi connectivity index (χ0) is 10.8. The largest absolute Gasteiger partial charge is 0.493 e. The molecule has 15 heavy (non-hydrogen) atoms. The van der Waals surface area contributed by atoms with E-state index in [0.29, 0.717) is 18.2 Å². The highest BCUT2D eigenvalue weighted by Gasteiger charge is 2.07. The van der Waals surface area contributed by atoms with Gasteiger partial charge < -0.3 is 9.47 Å². The van der Waals surface area contributed by atoms with Crippen molar-refractivity contribution < 1.29 is 9.47 Å². The van der Waals surface area contributed by atoms with Crippen LogP contribution >= 0.6 is 11.8 Å². The van der Waals surface area contributed by atoms with Crippen LogP contribution in [0.3, 0.4) is 0 Å². The minimum absolute atomic E-state index is 0.448. The molecule has 0 aromatic heterocycles. The van der Waals surface area contributed by atoms with E-state index in [0.717, 1.165) is 10.6 Å². The summed E-state index contributed by atoms with van der Waals surface area (Å²) in [5.41, 5.74) is 0. The van der Waals surface area contributed by atoms with Crippen LogP contribution in [0.2, 0.25) is 0 Å². The summed E-state index contributed by atoms with van der Waals surface area (Å²) in [6.45, 7) is 0.448. The molecule has 4 nitrogen and oxygen atoms in total. The highest BCUT2D eigenvalue weighted by Crippen LogP contribution is 2.22. The van der Waals surface area contributed by atoms with E-state index in [4.69, 9.17) is 21.3 Å². The lowest BCUT2D eigenvalue weighted by Gasteiger charge is -2.13. The second kappa shape index (κ2) is 3.98. The fourth-order valence-corrected chi connectivity index (χ4v) is 1.62. The van der Waals surface area contributed by atoms with Crippen LogP contribution in [0.5, 0.6) is 11.5 Å². The maximum atomic E-state index is 5.83. The molecule has 0 saturated carbocycles. The molecular weight excluding hydrogens is 216 g/mol. The van der Waals surface area contributed by atoms with Crippen molar-refractivity contribution in [1.82, 2.24) is 4.42 Å². The summed E-state index contributed by atoms with van der Waals surface area (Å²) in [6.07, 6.45) is 1.81. The first-order chi connectivity index (χ1) is 7.24. The number of nitrogens with zero attached hydrogens (tertiary/aromatic N) is 2. The van der Waals surface area contributed by atoms with Crippen molar-refractivity contribution in [3.05, 3.63) is 22.7 Å². The first kappa shape index (κ1) is 10.1. The molecular formula is C10H11ClN2O2. The molecule has 1 aliphatic rings. The number of benzene rings is 1. The number of fused-ring (bicyclic) bond motifs is 1. The van der Waals surface area contributed by atoms with Crippen LogP contribution in [-0.2, 0) is 0 Å². The van der Waals surface area contributed by atoms with E-state index in [1.165, 1.54) is 4.42 Å². The van der Waals surface area contributed by atoms with Crippen LogP contribution in [0.4, 0.5) is 0 Å². The summed E-state index contributed by atoms with van der Waals surface area (Å²) in [5, 5.41) is 1.79. The molecule has 0 fully saturated rings. The SMILES string of the molecule is COc1cc2c(cc1OC)=NCN(Cl)C=2. The fraction of sp³-hybridized carbons (Fsp3) is 0.300. The average molecular weight is 227 g/mol. The van der Waals surface area contributed by atoms with Crippen LogP contribution in [-0.4, -0.2) is 25.3 Å². The van der Waals surface area contributed by atoms with Gasteiger partial charge in [0.2, 0.25) is 0 Å². The average Bonchev–Trinajstić information content (AvgIpc) is 2.27. The van der Waals surface area contributed by atoms with Crippen LogP contribution in [0.25, 0.3) is 6.20 Å². The van der Waals surface area contributed by atoms with Crippen LogP contribution in [0.1, 0.15) is 0 Å². The topological polar surface area (TPSA) is 34.1 Å². The Morgan fingerprint density at radius 1 is 1.27 bits per heavy atom. The molecule has 0 amide bonds. The third-order valence-electron chi connectivity index (χ3n) is 2.19. The van der Waals surface area contributed by atoms with Gasteiger partial charge in [-0.1, -0.05) is 0 Å². The van der Waals surface area contributed by atoms with Gasteiger partial charge in [0.05, 0.1) is 19.6 Å². The predicted molar refractivity (Wildman–Crippen MR) is 57.4 cm³/mol. The molecule has 0 bridgehead atoms. The first-order valence-electron chi connectivity index (χ1n) is 4.45. The summed E-state index contributed by atoms with van der Waals surface area (Å²) in [6, 6.07) is 3.70. The third-order valence-corrected chi connectivity index (χ3v) is 2.39. The Kier molecular flexibility index (Phi) is 2.68. The molecule has 80 valence electrons. The van der Waals surface area contributed by atoms with Gasteiger partial charge in [0.25, 0.3) is 0 Å². The fourth-order valence-electron chi connectivity index (χ4n) is 1.46. The van der Waals surface area contributed by atoms with Gasteiger partial charge in [-0.2, -0.15) is 0 Å². The smallest absolute Gasteiger partial charge is 0.162 e. The summed E-state index contributed by atoms with van der Waals surface area (Å²) >= 11 is 5.83. The van der Waals surface area contributed by atoms with Crippen molar-refractivity contribution in [2.45, 2.75) is 0 Å². The molecule has 0 unspecified atom stereocenters. The zero-order valence-electron chi connectivity index (χ0n) is 8.53. The van der Waals surface area contributed by atoms with Gasteiger partial charge in [-0.05, 0) is 6.07 Å². The first-order valence-corrected chi connectivity index (χ1v) is 4.79. The van der Waals surface area contributed by atoms with Gasteiger partial charge in [-0.15, -0.1) is 0 Å². The number of hydrogen-bond acceptors (Lipinski definition) is 4. The molecule has 1 heterocycles. The number of methoxy groups -OCH3 is 2. The molecule has 0 N–H and O–H groups in total. The van der Waals surface area contributed by atoms with E-state index in [1.54, 1.807) is 14.2 Å². The number of halogens is 1. The lowest BCUT2D eigenvalue weighted by atomic mass is 10.2. The van der Waals surface area contributed by atoms with Crippen molar-refractivity contribution in [3.8, 4) is 11.5 Å². The molecule has 5 heteroatoms. The molecule has 1 aromatic carbocycles. The van der Waals surface area contributed by atoms with Crippen LogP contribution < -0.4 is 20.0 Å². The Bertz CT molecular complexity index is 487. The molecule has 0 atom stereocenters. The molecule has 0 spiro atoms. The second-order valence-corrected chi connectivity index (χ2v) is 3.53. The minimum atomic E-state index is 0.448. The van der Waals surface area contributed by atoms with Gasteiger partial charge in [-0.25, -0.2) is 0 Å². The van der Waals surface area contributed by atoms with Gasteiger partial charge in [-0.3, -0.25) is 9.41 Å². The molecule has 0 saturated heterocycles. The van der Waals surface area contributed by atoms with Crippen LogP contribution in [0.15, 0.2) is 17.1 Å². The van der Waals surface area contributed by atoms with E-state index >= 15 is 0 Å². The van der Waals surface area contributed by atoms with Crippen molar-refractivity contribution in [3.63, 3.8) is 0 Å².